The Bertz CT molecular complexity index is 301. The van der Waals surface area contributed by atoms with Crippen molar-refractivity contribution in [2.45, 2.75) is 5.92 Å². The second-order valence-corrected chi connectivity index (χ2v) is 3.91. The van der Waals surface area contributed by atoms with Gasteiger partial charge in [0.2, 0.25) is 0 Å². The van der Waals surface area contributed by atoms with Crippen LogP contribution in [0.3, 0.4) is 0 Å². The molecular weight excluding hydrogens is 210 g/mol. The maximum absolute atomic E-state index is 13.8. The standard InChI is InChI=1S/C12H18F2N2/c1-15-8-9-16(2)10-12(13,14)11-6-4-3-5-7-11/h3-7,15H,8-10H2,1-2H3. The Morgan fingerprint density at radius 2 is 1.88 bits per heavy atom. The summed E-state index contributed by atoms with van der Waals surface area (Å²) in [5, 5.41) is 2.94. The molecule has 0 aliphatic rings. The minimum atomic E-state index is -2.79. The van der Waals surface area contributed by atoms with Crippen molar-refractivity contribution in [2.24, 2.45) is 0 Å². The van der Waals surface area contributed by atoms with Crippen molar-refractivity contribution in [3.63, 3.8) is 0 Å². The van der Waals surface area contributed by atoms with Gasteiger partial charge in [0.15, 0.2) is 0 Å². The minimum absolute atomic E-state index is 0.0753. The van der Waals surface area contributed by atoms with Crippen LogP contribution in [0, 0.1) is 0 Å². The molecule has 2 nitrogen and oxygen atoms in total. The lowest BCUT2D eigenvalue weighted by Gasteiger charge is -2.23. The van der Waals surface area contributed by atoms with Crippen molar-refractivity contribution in [1.29, 1.82) is 0 Å². The molecule has 0 amide bonds. The van der Waals surface area contributed by atoms with E-state index in [1.807, 2.05) is 7.05 Å². The Hall–Kier alpha value is -1.00. The molecule has 0 saturated carbocycles. The smallest absolute Gasteiger partial charge is 0.285 e. The van der Waals surface area contributed by atoms with Gasteiger partial charge in [-0.15, -0.1) is 0 Å². The van der Waals surface area contributed by atoms with Crippen LogP contribution in [0.15, 0.2) is 30.3 Å². The number of hydrogen-bond acceptors (Lipinski definition) is 2. The first-order valence-electron chi connectivity index (χ1n) is 5.33. The molecule has 1 rings (SSSR count). The van der Waals surface area contributed by atoms with Gasteiger partial charge in [-0.1, -0.05) is 30.3 Å². The highest BCUT2D eigenvalue weighted by atomic mass is 19.3. The third-order valence-corrected chi connectivity index (χ3v) is 2.41. The summed E-state index contributed by atoms with van der Waals surface area (Å²) in [7, 11) is 3.51. The molecule has 0 atom stereocenters. The fourth-order valence-corrected chi connectivity index (χ4v) is 1.49. The highest BCUT2D eigenvalue weighted by Gasteiger charge is 2.32. The second kappa shape index (κ2) is 5.92. The van der Waals surface area contributed by atoms with Crippen molar-refractivity contribution in [1.82, 2.24) is 10.2 Å². The fraction of sp³-hybridized carbons (Fsp3) is 0.500. The number of hydrogen-bond donors (Lipinski definition) is 1. The second-order valence-electron chi connectivity index (χ2n) is 3.91. The molecule has 0 heterocycles. The summed E-state index contributed by atoms with van der Waals surface area (Å²) in [6, 6.07) is 7.94. The number of benzene rings is 1. The Balaban J connectivity index is 2.58. The van der Waals surface area contributed by atoms with E-state index in [1.54, 1.807) is 30.1 Å². The molecule has 0 saturated heterocycles. The van der Waals surface area contributed by atoms with Crippen molar-refractivity contribution >= 4 is 0 Å². The van der Waals surface area contributed by atoms with Crippen LogP contribution >= 0.6 is 0 Å². The van der Waals surface area contributed by atoms with Crippen molar-refractivity contribution in [3.8, 4) is 0 Å². The summed E-state index contributed by atoms with van der Waals surface area (Å²) in [6.07, 6.45) is 0. The molecule has 0 unspecified atom stereocenters. The fourth-order valence-electron chi connectivity index (χ4n) is 1.49. The Labute approximate surface area is 95.3 Å². The number of alkyl halides is 2. The van der Waals surface area contributed by atoms with Crippen molar-refractivity contribution in [3.05, 3.63) is 35.9 Å². The highest BCUT2D eigenvalue weighted by Crippen LogP contribution is 2.28. The summed E-state index contributed by atoms with van der Waals surface area (Å²) in [5.74, 6) is -2.79. The monoisotopic (exact) mass is 228 g/mol. The lowest BCUT2D eigenvalue weighted by molar-refractivity contribution is -0.0317. The molecule has 0 bridgehead atoms. The van der Waals surface area contributed by atoms with Gasteiger partial charge in [0.25, 0.3) is 5.92 Å². The van der Waals surface area contributed by atoms with Crippen LogP contribution in [0.25, 0.3) is 0 Å². The molecule has 1 aromatic carbocycles. The van der Waals surface area contributed by atoms with Crippen LogP contribution in [0.5, 0.6) is 0 Å². The first-order chi connectivity index (χ1) is 7.56. The van der Waals surface area contributed by atoms with Crippen LogP contribution in [0.1, 0.15) is 5.56 Å². The van der Waals surface area contributed by atoms with Gasteiger partial charge in [-0.3, -0.25) is 4.90 Å². The zero-order valence-electron chi connectivity index (χ0n) is 9.71. The van der Waals surface area contributed by atoms with Gasteiger partial charge in [-0.25, -0.2) is 0 Å². The predicted octanol–water partition coefficient (Wildman–Crippen LogP) is 1.93. The summed E-state index contributed by atoms with van der Waals surface area (Å²) in [6.45, 7) is 1.07. The normalized spacial score (nSPS) is 12.1. The Kier molecular flexibility index (Phi) is 4.83. The van der Waals surface area contributed by atoms with Gasteiger partial charge >= 0.3 is 0 Å². The predicted molar refractivity (Wildman–Crippen MR) is 61.8 cm³/mol. The van der Waals surface area contributed by atoms with E-state index in [-0.39, 0.29) is 12.1 Å². The average Bonchev–Trinajstić information content (AvgIpc) is 2.27. The molecule has 0 fully saturated rings. The zero-order valence-corrected chi connectivity index (χ0v) is 9.71. The molecule has 1 N–H and O–H groups in total. The van der Waals surface area contributed by atoms with Crippen LogP contribution in [0.4, 0.5) is 8.78 Å². The third-order valence-electron chi connectivity index (χ3n) is 2.41. The Morgan fingerprint density at radius 3 is 2.44 bits per heavy atom. The maximum atomic E-state index is 13.8. The van der Waals surface area contributed by atoms with E-state index in [0.717, 1.165) is 0 Å². The van der Waals surface area contributed by atoms with E-state index < -0.39 is 5.92 Å². The molecule has 16 heavy (non-hydrogen) atoms. The van der Waals surface area contributed by atoms with Gasteiger partial charge in [0.1, 0.15) is 0 Å². The number of halogens is 2. The molecule has 0 radical (unpaired) electrons. The number of nitrogens with zero attached hydrogens (tertiary/aromatic N) is 1. The van der Waals surface area contributed by atoms with Crippen LogP contribution in [-0.2, 0) is 5.92 Å². The number of nitrogens with one attached hydrogen (secondary N) is 1. The van der Waals surface area contributed by atoms with Gasteiger partial charge in [0.05, 0.1) is 6.54 Å². The molecular formula is C12H18F2N2. The largest absolute Gasteiger partial charge is 0.318 e. The topological polar surface area (TPSA) is 15.3 Å². The van der Waals surface area contributed by atoms with Gasteiger partial charge in [-0.05, 0) is 14.1 Å². The molecule has 1 aromatic rings. The minimum Gasteiger partial charge on any atom is -0.318 e. The van der Waals surface area contributed by atoms with E-state index in [4.69, 9.17) is 0 Å². The molecule has 90 valence electrons. The van der Waals surface area contributed by atoms with E-state index in [1.165, 1.54) is 12.1 Å². The number of rotatable bonds is 6. The summed E-state index contributed by atoms with van der Waals surface area (Å²) in [5.41, 5.74) is 0.0753. The molecule has 0 aliphatic heterocycles. The van der Waals surface area contributed by atoms with Crippen molar-refractivity contribution < 1.29 is 8.78 Å². The summed E-state index contributed by atoms with van der Waals surface area (Å²) in [4.78, 5) is 1.63. The molecule has 0 aromatic heterocycles. The Morgan fingerprint density at radius 1 is 1.25 bits per heavy atom. The third kappa shape index (κ3) is 3.87. The first kappa shape index (κ1) is 13.1. The SMILES string of the molecule is CNCCN(C)CC(F)(F)c1ccccc1. The average molecular weight is 228 g/mol. The van der Waals surface area contributed by atoms with E-state index in [0.29, 0.717) is 13.1 Å². The lowest BCUT2D eigenvalue weighted by atomic mass is 10.1. The highest BCUT2D eigenvalue weighted by molar-refractivity contribution is 5.20. The zero-order chi connectivity index (χ0) is 12.0. The van der Waals surface area contributed by atoms with Crippen LogP contribution in [-0.4, -0.2) is 38.6 Å². The summed E-state index contributed by atoms with van der Waals surface area (Å²) < 4.78 is 27.5. The molecule has 0 aliphatic carbocycles. The van der Waals surface area contributed by atoms with Gasteiger partial charge < -0.3 is 5.32 Å². The van der Waals surface area contributed by atoms with E-state index in [2.05, 4.69) is 5.32 Å². The lowest BCUT2D eigenvalue weighted by Crippen LogP contribution is -2.36. The van der Waals surface area contributed by atoms with Crippen molar-refractivity contribution in [2.75, 3.05) is 33.7 Å². The van der Waals surface area contributed by atoms with Crippen LogP contribution < -0.4 is 5.32 Å². The number of likely N-dealkylation sites (N-methyl/N-ethyl adjacent to an activating group) is 2. The summed E-state index contributed by atoms with van der Waals surface area (Å²) >= 11 is 0. The van der Waals surface area contributed by atoms with E-state index in [9.17, 15) is 8.78 Å². The molecule has 0 spiro atoms. The van der Waals surface area contributed by atoms with Gasteiger partial charge in [0, 0.05) is 18.7 Å². The maximum Gasteiger partial charge on any atom is 0.285 e. The first-order valence-corrected chi connectivity index (χ1v) is 5.33. The molecule has 4 heteroatoms. The quantitative estimate of drug-likeness (QED) is 0.800. The van der Waals surface area contributed by atoms with E-state index >= 15 is 0 Å². The van der Waals surface area contributed by atoms with Gasteiger partial charge in [-0.2, -0.15) is 8.78 Å². The van der Waals surface area contributed by atoms with Crippen LogP contribution in [0.2, 0.25) is 0 Å².